The minimum Gasteiger partial charge on any atom is -0.399 e. The lowest BCUT2D eigenvalue weighted by molar-refractivity contribution is -0.126. The fourth-order valence-corrected chi connectivity index (χ4v) is 0.868. The number of hydrogen-bond donors (Lipinski definition) is 2. The molecule has 0 atom stereocenters. The Morgan fingerprint density at radius 1 is 1.64 bits per heavy atom. The maximum absolute atomic E-state index is 11.2. The molecule has 1 amide bonds. The van der Waals surface area contributed by atoms with Crippen molar-refractivity contribution in [2.75, 3.05) is 31.7 Å². The van der Waals surface area contributed by atoms with E-state index in [0.717, 1.165) is 0 Å². The molecule has 0 spiro atoms. The maximum Gasteiger partial charge on any atom is 0.241 e. The second-order valence-electron chi connectivity index (χ2n) is 3.12. The van der Waals surface area contributed by atoms with Crippen LogP contribution in [0.2, 0.25) is 0 Å². The second kappa shape index (κ2) is 4.45. The zero-order chi connectivity index (χ0) is 10.6. The molecule has 0 aromatic carbocycles. The molecule has 0 bridgehead atoms. The Bertz CT molecular complexity index is 324. The largest absolute Gasteiger partial charge is 0.399 e. The summed E-state index contributed by atoms with van der Waals surface area (Å²) in [5, 5.41) is 2.88. The van der Waals surface area contributed by atoms with E-state index < -0.39 is 0 Å². The van der Waals surface area contributed by atoms with Crippen LogP contribution in [0, 0.1) is 0 Å². The fraction of sp³-hybridized carbons (Fsp3) is 0.333. The van der Waals surface area contributed by atoms with E-state index in [-0.39, 0.29) is 12.5 Å². The topological polar surface area (TPSA) is 71.2 Å². The summed E-state index contributed by atoms with van der Waals surface area (Å²) in [6.07, 6.45) is 1.60. The third-order valence-corrected chi connectivity index (χ3v) is 1.70. The highest BCUT2D eigenvalue weighted by molar-refractivity contribution is 5.80. The van der Waals surface area contributed by atoms with Gasteiger partial charge in [-0.15, -0.1) is 0 Å². The van der Waals surface area contributed by atoms with Crippen molar-refractivity contribution in [2.45, 2.75) is 0 Å². The normalized spacial score (nSPS) is 9.57. The number of likely N-dealkylation sites (N-methyl/N-ethyl adjacent to an activating group) is 1. The number of amides is 1. The van der Waals surface area contributed by atoms with E-state index in [1.54, 1.807) is 32.4 Å². The zero-order valence-corrected chi connectivity index (χ0v) is 8.32. The summed E-state index contributed by atoms with van der Waals surface area (Å²) in [5.74, 6) is 0.606. The molecule has 1 aromatic rings. The summed E-state index contributed by atoms with van der Waals surface area (Å²) < 4.78 is 0. The highest BCUT2D eigenvalue weighted by Crippen LogP contribution is 2.06. The Labute approximate surface area is 82.9 Å². The van der Waals surface area contributed by atoms with Crippen molar-refractivity contribution in [3.05, 3.63) is 18.3 Å². The molecule has 0 aliphatic rings. The van der Waals surface area contributed by atoms with Crippen molar-refractivity contribution < 1.29 is 4.79 Å². The van der Waals surface area contributed by atoms with Crippen LogP contribution in [-0.4, -0.2) is 36.4 Å². The first kappa shape index (κ1) is 10.3. The molecular formula is C9H14N4O. The molecule has 5 heteroatoms. The van der Waals surface area contributed by atoms with Gasteiger partial charge in [0, 0.05) is 32.0 Å². The summed E-state index contributed by atoms with van der Waals surface area (Å²) in [5.41, 5.74) is 6.17. The van der Waals surface area contributed by atoms with Crippen LogP contribution >= 0.6 is 0 Å². The van der Waals surface area contributed by atoms with E-state index in [2.05, 4.69) is 10.3 Å². The number of carbonyl (C=O) groups excluding carboxylic acids is 1. The van der Waals surface area contributed by atoms with E-state index in [0.29, 0.717) is 11.5 Å². The molecule has 1 heterocycles. The third kappa shape index (κ3) is 2.93. The van der Waals surface area contributed by atoms with Crippen molar-refractivity contribution in [1.29, 1.82) is 0 Å². The fourth-order valence-electron chi connectivity index (χ4n) is 0.868. The number of anilines is 2. The molecule has 0 aliphatic heterocycles. The van der Waals surface area contributed by atoms with Crippen LogP contribution in [0.25, 0.3) is 0 Å². The molecule has 76 valence electrons. The Morgan fingerprint density at radius 2 is 2.36 bits per heavy atom. The van der Waals surface area contributed by atoms with Gasteiger partial charge in [-0.25, -0.2) is 4.98 Å². The zero-order valence-electron chi connectivity index (χ0n) is 8.32. The molecule has 5 nitrogen and oxygen atoms in total. The Kier molecular flexibility index (Phi) is 3.28. The van der Waals surface area contributed by atoms with Crippen LogP contribution in [0.5, 0.6) is 0 Å². The molecule has 14 heavy (non-hydrogen) atoms. The van der Waals surface area contributed by atoms with Crippen LogP contribution in [0.3, 0.4) is 0 Å². The van der Waals surface area contributed by atoms with E-state index in [1.807, 2.05) is 0 Å². The van der Waals surface area contributed by atoms with Crippen molar-refractivity contribution in [3.8, 4) is 0 Å². The standard InChI is InChI=1S/C9H14N4O/c1-13(2)9(14)6-12-8-5-7(10)3-4-11-8/h3-5H,6H2,1-2H3,(H3,10,11,12). The Hall–Kier alpha value is -1.78. The van der Waals surface area contributed by atoms with Crippen LogP contribution in [-0.2, 0) is 4.79 Å². The predicted octanol–water partition coefficient (Wildman–Crippen LogP) is 0.164. The summed E-state index contributed by atoms with van der Waals surface area (Å²) in [6, 6.07) is 3.38. The third-order valence-electron chi connectivity index (χ3n) is 1.70. The van der Waals surface area contributed by atoms with Crippen molar-refractivity contribution >= 4 is 17.4 Å². The SMILES string of the molecule is CN(C)C(=O)CNc1cc(N)ccn1. The van der Waals surface area contributed by atoms with Crippen molar-refractivity contribution in [1.82, 2.24) is 9.88 Å². The lowest BCUT2D eigenvalue weighted by Gasteiger charge is -2.11. The molecular weight excluding hydrogens is 180 g/mol. The summed E-state index contributed by atoms with van der Waals surface area (Å²) in [4.78, 5) is 16.7. The van der Waals surface area contributed by atoms with Crippen molar-refractivity contribution in [2.24, 2.45) is 0 Å². The number of nitrogens with zero attached hydrogens (tertiary/aromatic N) is 2. The number of aromatic nitrogens is 1. The van der Waals surface area contributed by atoms with Gasteiger partial charge in [0.2, 0.25) is 5.91 Å². The minimum atomic E-state index is -0.00535. The molecule has 1 rings (SSSR count). The van der Waals surface area contributed by atoms with E-state index in [9.17, 15) is 4.79 Å². The molecule has 0 fully saturated rings. The van der Waals surface area contributed by atoms with Crippen LogP contribution < -0.4 is 11.1 Å². The van der Waals surface area contributed by atoms with Crippen LogP contribution in [0.15, 0.2) is 18.3 Å². The average molecular weight is 194 g/mol. The summed E-state index contributed by atoms with van der Waals surface area (Å²) in [7, 11) is 3.41. The van der Waals surface area contributed by atoms with Gasteiger partial charge in [-0.1, -0.05) is 0 Å². The van der Waals surface area contributed by atoms with Gasteiger partial charge in [-0.2, -0.15) is 0 Å². The monoisotopic (exact) mass is 194 g/mol. The number of nitrogens with one attached hydrogen (secondary N) is 1. The van der Waals surface area contributed by atoms with Gasteiger partial charge in [0.05, 0.1) is 6.54 Å². The number of nitrogens with two attached hydrogens (primary N) is 1. The summed E-state index contributed by atoms with van der Waals surface area (Å²) in [6.45, 7) is 0.226. The first-order valence-corrected chi connectivity index (χ1v) is 4.25. The first-order valence-electron chi connectivity index (χ1n) is 4.25. The number of hydrogen-bond acceptors (Lipinski definition) is 4. The minimum absolute atomic E-state index is 0.00535. The lowest BCUT2D eigenvalue weighted by atomic mass is 10.4. The van der Waals surface area contributed by atoms with Gasteiger partial charge in [-0.05, 0) is 6.07 Å². The van der Waals surface area contributed by atoms with Gasteiger partial charge in [-0.3, -0.25) is 4.79 Å². The van der Waals surface area contributed by atoms with Gasteiger partial charge in [0.25, 0.3) is 0 Å². The maximum atomic E-state index is 11.2. The predicted molar refractivity (Wildman–Crippen MR) is 55.8 cm³/mol. The van der Waals surface area contributed by atoms with Crippen LogP contribution in [0.4, 0.5) is 11.5 Å². The van der Waals surface area contributed by atoms with Crippen LogP contribution in [0.1, 0.15) is 0 Å². The molecule has 0 aliphatic carbocycles. The number of pyridine rings is 1. The molecule has 0 saturated carbocycles. The Balaban J connectivity index is 2.50. The number of rotatable bonds is 3. The average Bonchev–Trinajstić information content (AvgIpc) is 2.14. The van der Waals surface area contributed by atoms with Gasteiger partial charge in [0.1, 0.15) is 5.82 Å². The van der Waals surface area contributed by atoms with E-state index >= 15 is 0 Å². The second-order valence-corrected chi connectivity index (χ2v) is 3.12. The number of carbonyl (C=O) groups is 1. The van der Waals surface area contributed by atoms with Crippen molar-refractivity contribution in [3.63, 3.8) is 0 Å². The van der Waals surface area contributed by atoms with Gasteiger partial charge < -0.3 is 16.0 Å². The molecule has 0 saturated heterocycles. The van der Waals surface area contributed by atoms with Gasteiger partial charge in [0.15, 0.2) is 0 Å². The first-order chi connectivity index (χ1) is 6.59. The molecule has 1 aromatic heterocycles. The quantitative estimate of drug-likeness (QED) is 0.719. The Morgan fingerprint density at radius 3 is 2.93 bits per heavy atom. The highest BCUT2D eigenvalue weighted by Gasteiger charge is 2.03. The molecule has 0 radical (unpaired) electrons. The van der Waals surface area contributed by atoms with E-state index in [4.69, 9.17) is 5.73 Å². The molecule has 3 N–H and O–H groups in total. The van der Waals surface area contributed by atoms with Gasteiger partial charge >= 0.3 is 0 Å². The lowest BCUT2D eigenvalue weighted by Crippen LogP contribution is -2.28. The highest BCUT2D eigenvalue weighted by atomic mass is 16.2. The van der Waals surface area contributed by atoms with E-state index in [1.165, 1.54) is 4.90 Å². The number of nitrogen functional groups attached to an aromatic ring is 1. The smallest absolute Gasteiger partial charge is 0.241 e. The molecule has 0 unspecified atom stereocenters. The summed E-state index contributed by atoms with van der Waals surface area (Å²) >= 11 is 0.